The van der Waals surface area contributed by atoms with Crippen molar-refractivity contribution in [2.24, 2.45) is 0 Å². The second-order valence-corrected chi connectivity index (χ2v) is 6.57. The highest BCUT2D eigenvalue weighted by Crippen LogP contribution is 2.25. The third-order valence-corrected chi connectivity index (χ3v) is 4.25. The van der Waals surface area contributed by atoms with E-state index >= 15 is 0 Å². The minimum atomic E-state index is -0.536. The highest BCUT2D eigenvalue weighted by Gasteiger charge is 2.10. The fourth-order valence-corrected chi connectivity index (χ4v) is 2.57. The van der Waals surface area contributed by atoms with E-state index in [0.717, 1.165) is 11.1 Å². The summed E-state index contributed by atoms with van der Waals surface area (Å²) in [5.74, 6) is -0.181. The van der Waals surface area contributed by atoms with E-state index in [1.165, 1.54) is 0 Å². The molecule has 3 aromatic rings. The molecule has 0 saturated carbocycles. The van der Waals surface area contributed by atoms with Crippen molar-refractivity contribution in [3.8, 4) is 22.6 Å². The zero-order valence-corrected chi connectivity index (χ0v) is 16.8. The van der Waals surface area contributed by atoms with Crippen molar-refractivity contribution in [2.75, 3.05) is 6.79 Å². The average molecular weight is 413 g/mol. The molecule has 0 fully saturated rings. The van der Waals surface area contributed by atoms with E-state index in [1.54, 1.807) is 55.5 Å². The van der Waals surface area contributed by atoms with E-state index in [0.29, 0.717) is 22.7 Å². The van der Waals surface area contributed by atoms with E-state index in [-0.39, 0.29) is 12.4 Å². The Bertz CT molecular complexity index is 1120. The van der Waals surface area contributed by atoms with Gasteiger partial charge in [-0.1, -0.05) is 43.0 Å². The van der Waals surface area contributed by atoms with Crippen molar-refractivity contribution >= 4 is 17.6 Å². The van der Waals surface area contributed by atoms with Crippen LogP contribution in [0.5, 0.6) is 11.5 Å². The van der Waals surface area contributed by atoms with Crippen molar-refractivity contribution in [1.29, 1.82) is 0 Å². The summed E-state index contributed by atoms with van der Waals surface area (Å²) in [6.45, 7) is 11.8. The zero-order valence-electron chi connectivity index (χ0n) is 16.8. The summed E-state index contributed by atoms with van der Waals surface area (Å²) in [6.07, 6.45) is 0. The molecule has 0 saturated heterocycles. The third kappa shape index (κ3) is 5.81. The van der Waals surface area contributed by atoms with Crippen LogP contribution in [0.2, 0.25) is 0 Å². The fraction of sp³-hybridized carbons (Fsp3) is 0.0800. The van der Waals surface area contributed by atoms with E-state index in [1.807, 2.05) is 24.3 Å². The van der Waals surface area contributed by atoms with Gasteiger partial charge in [0.25, 0.3) is 0 Å². The second-order valence-electron chi connectivity index (χ2n) is 6.57. The van der Waals surface area contributed by atoms with E-state index < -0.39 is 11.9 Å². The van der Waals surface area contributed by atoms with Crippen LogP contribution in [0, 0.1) is 6.57 Å². The van der Waals surface area contributed by atoms with Gasteiger partial charge in [0.15, 0.2) is 5.69 Å². The first-order valence-corrected chi connectivity index (χ1v) is 9.32. The van der Waals surface area contributed by atoms with Crippen LogP contribution in [0.25, 0.3) is 16.0 Å². The maximum Gasteiger partial charge on any atom is 0.343 e. The first-order chi connectivity index (χ1) is 15.0. The van der Waals surface area contributed by atoms with Gasteiger partial charge in [0.2, 0.25) is 6.79 Å². The number of ether oxygens (including phenoxy) is 3. The van der Waals surface area contributed by atoms with E-state index in [4.69, 9.17) is 20.8 Å². The largest absolute Gasteiger partial charge is 0.457 e. The van der Waals surface area contributed by atoms with Crippen molar-refractivity contribution in [3.05, 3.63) is 102 Å². The van der Waals surface area contributed by atoms with Gasteiger partial charge >= 0.3 is 11.9 Å². The lowest BCUT2D eigenvalue weighted by Gasteiger charge is -2.09. The molecule has 0 amide bonds. The van der Waals surface area contributed by atoms with Crippen molar-refractivity contribution in [3.63, 3.8) is 0 Å². The number of nitrogens with zero attached hydrogens (tertiary/aromatic N) is 1. The molecular formula is C25H19NO5. The summed E-state index contributed by atoms with van der Waals surface area (Å²) < 4.78 is 15.6. The van der Waals surface area contributed by atoms with Gasteiger partial charge in [-0.15, -0.1) is 0 Å². The van der Waals surface area contributed by atoms with Crippen LogP contribution in [-0.4, -0.2) is 18.7 Å². The van der Waals surface area contributed by atoms with Gasteiger partial charge in [-0.05, 0) is 54.4 Å². The normalized spacial score (nSPS) is 9.94. The molecule has 0 bridgehead atoms. The first kappa shape index (κ1) is 21.3. The molecular weight excluding hydrogens is 394 g/mol. The standard InChI is InChI=1S/C25H19NO5/c1-17(2)24(27)30-16-29-22-12-8-20(9-13-22)25(28)31-23-14-6-19(7-15-23)18-4-10-21(26-3)11-5-18/h4-15H,1,16H2,2H3. The van der Waals surface area contributed by atoms with Crippen molar-refractivity contribution in [2.45, 2.75) is 6.92 Å². The summed E-state index contributed by atoms with van der Waals surface area (Å²) in [7, 11) is 0. The van der Waals surface area contributed by atoms with Gasteiger partial charge in [-0.25, -0.2) is 14.4 Å². The molecule has 0 N–H and O–H groups in total. The molecule has 31 heavy (non-hydrogen) atoms. The van der Waals surface area contributed by atoms with Gasteiger partial charge in [-0.3, -0.25) is 0 Å². The van der Waals surface area contributed by atoms with Gasteiger partial charge in [0.1, 0.15) is 11.5 Å². The molecule has 154 valence electrons. The van der Waals surface area contributed by atoms with Crippen LogP contribution in [0.1, 0.15) is 17.3 Å². The minimum Gasteiger partial charge on any atom is -0.457 e. The first-order valence-electron chi connectivity index (χ1n) is 9.32. The number of esters is 2. The number of benzene rings is 3. The maximum absolute atomic E-state index is 12.4. The number of hydrogen-bond acceptors (Lipinski definition) is 5. The monoisotopic (exact) mass is 413 g/mol. The van der Waals surface area contributed by atoms with Crippen LogP contribution < -0.4 is 9.47 Å². The van der Waals surface area contributed by atoms with E-state index in [2.05, 4.69) is 11.4 Å². The number of hydrogen-bond donors (Lipinski definition) is 0. The molecule has 0 aliphatic carbocycles. The van der Waals surface area contributed by atoms with Crippen LogP contribution in [0.4, 0.5) is 5.69 Å². The van der Waals surface area contributed by atoms with Crippen LogP contribution in [0.3, 0.4) is 0 Å². The van der Waals surface area contributed by atoms with Gasteiger partial charge in [0, 0.05) is 5.57 Å². The summed E-state index contributed by atoms with van der Waals surface area (Å²) in [5.41, 5.74) is 3.14. The molecule has 0 unspecified atom stereocenters. The molecule has 6 heteroatoms. The van der Waals surface area contributed by atoms with E-state index in [9.17, 15) is 9.59 Å². The molecule has 6 nitrogen and oxygen atoms in total. The Labute approximate surface area is 180 Å². The molecule has 3 aromatic carbocycles. The Morgan fingerprint density at radius 2 is 1.42 bits per heavy atom. The number of carbonyl (C=O) groups excluding carboxylic acids is 2. The highest BCUT2D eigenvalue weighted by atomic mass is 16.7. The molecule has 0 aromatic heterocycles. The Morgan fingerprint density at radius 1 is 0.871 bits per heavy atom. The lowest BCUT2D eigenvalue weighted by Crippen LogP contribution is -2.11. The van der Waals surface area contributed by atoms with Gasteiger partial charge < -0.3 is 14.2 Å². The van der Waals surface area contributed by atoms with Crippen molar-refractivity contribution < 1.29 is 23.8 Å². The predicted molar refractivity (Wildman–Crippen MR) is 116 cm³/mol. The smallest absolute Gasteiger partial charge is 0.343 e. The molecule has 0 spiro atoms. The quantitative estimate of drug-likeness (QED) is 0.166. The SMILES string of the molecule is [C-]#[N+]c1ccc(-c2ccc(OC(=O)c3ccc(OCOC(=O)C(=C)C)cc3)cc2)cc1. The summed E-state index contributed by atoms with van der Waals surface area (Å²) in [4.78, 5) is 27.0. The molecule has 0 atom stereocenters. The van der Waals surface area contributed by atoms with Crippen LogP contribution in [0.15, 0.2) is 84.9 Å². The lowest BCUT2D eigenvalue weighted by molar-refractivity contribution is -0.145. The van der Waals surface area contributed by atoms with Crippen LogP contribution in [-0.2, 0) is 9.53 Å². The Kier molecular flexibility index (Phi) is 6.82. The third-order valence-electron chi connectivity index (χ3n) is 4.25. The number of carbonyl (C=O) groups is 2. The molecule has 0 heterocycles. The highest BCUT2D eigenvalue weighted by molar-refractivity contribution is 5.91. The zero-order chi connectivity index (χ0) is 22.2. The summed E-state index contributed by atoms with van der Waals surface area (Å²) in [6, 6.07) is 20.7. The lowest BCUT2D eigenvalue weighted by atomic mass is 10.1. The van der Waals surface area contributed by atoms with Gasteiger partial charge in [0.05, 0.1) is 12.1 Å². The minimum absolute atomic E-state index is 0.248. The molecule has 3 rings (SSSR count). The summed E-state index contributed by atoms with van der Waals surface area (Å²) in [5, 5.41) is 0. The average Bonchev–Trinajstić information content (AvgIpc) is 2.80. The predicted octanol–water partition coefficient (Wildman–Crippen LogP) is 5.58. The fourth-order valence-electron chi connectivity index (χ4n) is 2.57. The summed E-state index contributed by atoms with van der Waals surface area (Å²) >= 11 is 0. The maximum atomic E-state index is 12.4. The molecule has 0 radical (unpaired) electrons. The second kappa shape index (κ2) is 9.90. The van der Waals surface area contributed by atoms with Crippen molar-refractivity contribution in [1.82, 2.24) is 0 Å². The van der Waals surface area contributed by atoms with Gasteiger partial charge in [-0.2, -0.15) is 0 Å². The topological polar surface area (TPSA) is 66.2 Å². The number of rotatable bonds is 7. The molecule has 0 aliphatic rings. The molecule has 0 aliphatic heterocycles. The Morgan fingerprint density at radius 3 is 1.97 bits per heavy atom. The Hall–Kier alpha value is -4.37. The Balaban J connectivity index is 1.56. The van der Waals surface area contributed by atoms with Crippen LogP contribution >= 0.6 is 0 Å².